The molecular formula is C14H17N3O2. The molecule has 100 valence electrons. The molecule has 0 aliphatic heterocycles. The van der Waals surface area contributed by atoms with Crippen LogP contribution in [0.15, 0.2) is 41.8 Å². The van der Waals surface area contributed by atoms with Crippen LogP contribution in [-0.2, 0) is 13.2 Å². The van der Waals surface area contributed by atoms with Crippen LogP contribution in [-0.4, -0.2) is 20.7 Å². The minimum Gasteiger partial charge on any atom is -0.489 e. The highest BCUT2D eigenvalue weighted by Crippen LogP contribution is 2.15. The molecule has 5 heteroatoms. The fourth-order valence-corrected chi connectivity index (χ4v) is 1.69. The third-order valence-electron chi connectivity index (χ3n) is 2.82. The quantitative estimate of drug-likeness (QED) is 0.510. The molecule has 0 saturated carbocycles. The molecule has 1 aromatic heterocycles. The second kappa shape index (κ2) is 6.04. The summed E-state index contributed by atoms with van der Waals surface area (Å²) >= 11 is 0. The standard InChI is InChI=1S/C14H17N3O2/c1-3-17-9-12(8-15-17)10-19-14-6-4-5-13(7-14)11(2)16-18/h4-9,18H,3,10H2,1-2H3. The second-order valence-corrected chi connectivity index (χ2v) is 4.21. The lowest BCUT2D eigenvalue weighted by atomic mass is 10.1. The van der Waals surface area contributed by atoms with Gasteiger partial charge in [0.05, 0.1) is 11.9 Å². The van der Waals surface area contributed by atoms with Crippen molar-refractivity contribution < 1.29 is 9.94 Å². The molecule has 0 fully saturated rings. The molecule has 0 spiro atoms. The molecule has 19 heavy (non-hydrogen) atoms. The first-order valence-electron chi connectivity index (χ1n) is 6.16. The van der Waals surface area contributed by atoms with E-state index in [-0.39, 0.29) is 0 Å². The maximum Gasteiger partial charge on any atom is 0.120 e. The molecular weight excluding hydrogens is 242 g/mol. The minimum atomic E-state index is 0.471. The van der Waals surface area contributed by atoms with E-state index in [2.05, 4.69) is 10.3 Å². The predicted octanol–water partition coefficient (Wildman–Crippen LogP) is 2.68. The largest absolute Gasteiger partial charge is 0.489 e. The van der Waals surface area contributed by atoms with Crippen LogP contribution < -0.4 is 4.74 Å². The Hall–Kier alpha value is -2.30. The van der Waals surface area contributed by atoms with Gasteiger partial charge in [-0.25, -0.2) is 0 Å². The molecule has 0 aliphatic rings. The van der Waals surface area contributed by atoms with Gasteiger partial charge in [-0.1, -0.05) is 17.3 Å². The highest BCUT2D eigenvalue weighted by Gasteiger charge is 2.02. The first-order chi connectivity index (χ1) is 9.22. The molecule has 2 rings (SSSR count). The highest BCUT2D eigenvalue weighted by molar-refractivity contribution is 5.98. The third kappa shape index (κ3) is 3.34. The lowest BCUT2D eigenvalue weighted by molar-refractivity contribution is 0.306. The molecule has 5 nitrogen and oxygen atoms in total. The lowest BCUT2D eigenvalue weighted by Crippen LogP contribution is -1.98. The summed E-state index contributed by atoms with van der Waals surface area (Å²) in [7, 11) is 0. The predicted molar refractivity (Wildman–Crippen MR) is 72.7 cm³/mol. The van der Waals surface area contributed by atoms with Crippen molar-refractivity contribution >= 4 is 5.71 Å². The Kier molecular flexibility index (Phi) is 4.18. The SMILES string of the molecule is CCn1cc(COc2cccc(C(C)=NO)c2)cn1. The first-order valence-corrected chi connectivity index (χ1v) is 6.16. The average molecular weight is 259 g/mol. The zero-order valence-electron chi connectivity index (χ0n) is 11.1. The summed E-state index contributed by atoms with van der Waals surface area (Å²) in [5.74, 6) is 0.741. The van der Waals surface area contributed by atoms with Gasteiger partial charge in [-0.2, -0.15) is 5.10 Å². The van der Waals surface area contributed by atoms with Crippen LogP contribution in [0.2, 0.25) is 0 Å². The van der Waals surface area contributed by atoms with Gasteiger partial charge < -0.3 is 9.94 Å². The Morgan fingerprint density at radius 2 is 2.32 bits per heavy atom. The normalized spacial score (nSPS) is 11.6. The lowest BCUT2D eigenvalue weighted by Gasteiger charge is -2.06. The summed E-state index contributed by atoms with van der Waals surface area (Å²) in [6.45, 7) is 5.10. The van der Waals surface area contributed by atoms with E-state index in [1.807, 2.05) is 42.1 Å². The summed E-state index contributed by atoms with van der Waals surface area (Å²) in [5.41, 5.74) is 2.42. The number of hydrogen-bond acceptors (Lipinski definition) is 4. The number of aromatic nitrogens is 2. The maximum atomic E-state index is 8.75. The molecule has 0 saturated heterocycles. The van der Waals surface area contributed by atoms with E-state index in [0.717, 1.165) is 23.4 Å². The van der Waals surface area contributed by atoms with Crippen LogP contribution in [0.1, 0.15) is 25.0 Å². The van der Waals surface area contributed by atoms with Crippen molar-refractivity contribution in [1.29, 1.82) is 0 Å². The number of aryl methyl sites for hydroxylation is 1. The van der Waals surface area contributed by atoms with E-state index < -0.39 is 0 Å². The van der Waals surface area contributed by atoms with E-state index in [1.165, 1.54) is 0 Å². The highest BCUT2D eigenvalue weighted by atomic mass is 16.5. The van der Waals surface area contributed by atoms with Crippen LogP contribution in [0.25, 0.3) is 0 Å². The number of benzene rings is 1. The van der Waals surface area contributed by atoms with E-state index in [9.17, 15) is 0 Å². The Labute approximate surface area is 112 Å². The number of ether oxygens (including phenoxy) is 1. The average Bonchev–Trinajstić information content (AvgIpc) is 2.92. The molecule has 1 heterocycles. The van der Waals surface area contributed by atoms with Crippen LogP contribution in [0.5, 0.6) is 5.75 Å². The molecule has 0 bridgehead atoms. The summed E-state index contributed by atoms with van der Waals surface area (Å²) in [6.07, 6.45) is 3.76. The van der Waals surface area contributed by atoms with Crippen LogP contribution in [0.4, 0.5) is 0 Å². The molecule has 0 unspecified atom stereocenters. The minimum absolute atomic E-state index is 0.471. The Bertz CT molecular complexity index is 576. The zero-order valence-corrected chi connectivity index (χ0v) is 11.1. The van der Waals surface area contributed by atoms with Crippen molar-refractivity contribution in [3.63, 3.8) is 0 Å². The van der Waals surface area contributed by atoms with E-state index in [4.69, 9.17) is 9.94 Å². The number of oxime groups is 1. The van der Waals surface area contributed by atoms with Gasteiger partial charge in [-0.05, 0) is 26.0 Å². The topological polar surface area (TPSA) is 59.6 Å². The maximum absolute atomic E-state index is 8.75. The summed E-state index contributed by atoms with van der Waals surface area (Å²) in [6, 6.07) is 7.46. The van der Waals surface area contributed by atoms with E-state index >= 15 is 0 Å². The third-order valence-corrected chi connectivity index (χ3v) is 2.82. The molecule has 1 N–H and O–H groups in total. The van der Waals surface area contributed by atoms with Crippen molar-refractivity contribution in [2.45, 2.75) is 27.0 Å². The monoisotopic (exact) mass is 259 g/mol. The van der Waals surface area contributed by atoms with Crippen molar-refractivity contribution in [2.24, 2.45) is 5.16 Å². The van der Waals surface area contributed by atoms with Gasteiger partial charge in [0.1, 0.15) is 12.4 Å². The molecule has 0 amide bonds. The Morgan fingerprint density at radius 1 is 1.47 bits per heavy atom. The van der Waals surface area contributed by atoms with Crippen molar-refractivity contribution in [2.75, 3.05) is 0 Å². The summed E-state index contributed by atoms with van der Waals surface area (Å²) < 4.78 is 7.55. The van der Waals surface area contributed by atoms with Gasteiger partial charge in [0.25, 0.3) is 0 Å². The smallest absolute Gasteiger partial charge is 0.120 e. The molecule has 0 aliphatic carbocycles. The molecule has 2 aromatic rings. The molecule has 0 radical (unpaired) electrons. The first kappa shape index (κ1) is 13.1. The van der Waals surface area contributed by atoms with Crippen molar-refractivity contribution in [1.82, 2.24) is 9.78 Å². The van der Waals surface area contributed by atoms with Gasteiger partial charge in [-0.15, -0.1) is 0 Å². The molecule has 1 aromatic carbocycles. The van der Waals surface area contributed by atoms with Gasteiger partial charge in [0.15, 0.2) is 0 Å². The van der Waals surface area contributed by atoms with Crippen LogP contribution in [0.3, 0.4) is 0 Å². The summed E-state index contributed by atoms with van der Waals surface area (Å²) in [4.78, 5) is 0. The Morgan fingerprint density at radius 3 is 3.00 bits per heavy atom. The van der Waals surface area contributed by atoms with Crippen LogP contribution >= 0.6 is 0 Å². The van der Waals surface area contributed by atoms with Gasteiger partial charge in [-0.3, -0.25) is 4.68 Å². The number of nitrogens with zero attached hydrogens (tertiary/aromatic N) is 3. The van der Waals surface area contributed by atoms with Gasteiger partial charge >= 0.3 is 0 Å². The number of hydrogen-bond donors (Lipinski definition) is 1. The second-order valence-electron chi connectivity index (χ2n) is 4.21. The summed E-state index contributed by atoms with van der Waals surface area (Å²) in [5, 5.41) is 16.1. The fraction of sp³-hybridized carbons (Fsp3) is 0.286. The number of rotatable bonds is 5. The van der Waals surface area contributed by atoms with Crippen molar-refractivity contribution in [3.8, 4) is 5.75 Å². The van der Waals surface area contributed by atoms with Gasteiger partial charge in [0, 0.05) is 23.9 Å². The fourth-order valence-electron chi connectivity index (χ4n) is 1.69. The zero-order chi connectivity index (χ0) is 13.7. The van der Waals surface area contributed by atoms with Crippen LogP contribution in [0, 0.1) is 0 Å². The Balaban J connectivity index is 2.03. The van der Waals surface area contributed by atoms with E-state index in [1.54, 1.807) is 13.1 Å². The van der Waals surface area contributed by atoms with E-state index in [0.29, 0.717) is 12.3 Å². The van der Waals surface area contributed by atoms with Crippen molar-refractivity contribution in [3.05, 3.63) is 47.8 Å². The van der Waals surface area contributed by atoms with Gasteiger partial charge in [0.2, 0.25) is 0 Å². The molecule has 0 atom stereocenters.